The number of nitrogens with one attached hydrogen (secondary N) is 1. The Labute approximate surface area is 177 Å². The number of quaternary nitrogens is 1. The number of rotatable bonds is 18. The minimum atomic E-state index is -4.46. The molecular formula is C20H43N2O6P. The lowest BCUT2D eigenvalue weighted by Gasteiger charge is -2.30. The predicted octanol–water partition coefficient (Wildman–Crippen LogP) is 3.84. The first-order valence-corrected chi connectivity index (χ1v) is 12.4. The van der Waals surface area contributed by atoms with Crippen LogP contribution in [0.1, 0.15) is 71.6 Å². The Hall–Kier alpha value is -0.660. The van der Waals surface area contributed by atoms with Crippen LogP contribution in [-0.4, -0.2) is 64.1 Å². The fraction of sp³-hybridized carbons (Fsp3) is 0.950. The van der Waals surface area contributed by atoms with Gasteiger partial charge in [0.25, 0.3) is 7.82 Å². The minimum absolute atomic E-state index is 0.0476. The zero-order valence-corrected chi connectivity index (χ0v) is 20.0. The Balaban J connectivity index is 4.40. The molecule has 0 aromatic carbocycles. The van der Waals surface area contributed by atoms with E-state index < -0.39 is 20.0 Å². The molecule has 0 rings (SSSR count). The summed E-state index contributed by atoms with van der Waals surface area (Å²) in [6, 6.07) is 0. The number of alkyl carbamates (subject to hydrolysis) is 1. The van der Waals surface area contributed by atoms with Gasteiger partial charge in [-0.15, -0.1) is 0 Å². The van der Waals surface area contributed by atoms with Crippen LogP contribution < -0.4 is 10.2 Å². The Morgan fingerprint density at radius 1 is 1.03 bits per heavy atom. The third-order valence-corrected chi connectivity index (χ3v) is 5.45. The molecule has 0 aromatic rings. The van der Waals surface area contributed by atoms with E-state index >= 15 is 0 Å². The second-order valence-electron chi connectivity index (χ2n) is 8.41. The van der Waals surface area contributed by atoms with E-state index in [-0.39, 0.29) is 13.2 Å². The molecule has 0 aromatic heterocycles. The number of hydrogen-bond donors (Lipinski definition) is 1. The molecule has 1 N–H and O–H groups in total. The second kappa shape index (κ2) is 16.1. The van der Waals surface area contributed by atoms with Crippen molar-refractivity contribution in [3.8, 4) is 0 Å². The normalized spacial score (nSPS) is 15.0. The molecule has 0 saturated heterocycles. The summed E-state index contributed by atoms with van der Waals surface area (Å²) >= 11 is 0. The van der Waals surface area contributed by atoms with Gasteiger partial charge in [0, 0.05) is 6.54 Å². The summed E-state index contributed by atoms with van der Waals surface area (Å²) in [7, 11) is 1.39. The average Bonchev–Trinajstić information content (AvgIpc) is 2.60. The molecule has 1 amide bonds. The van der Waals surface area contributed by atoms with E-state index in [0.29, 0.717) is 24.0 Å². The Morgan fingerprint density at radius 2 is 1.62 bits per heavy atom. The van der Waals surface area contributed by atoms with Crippen molar-refractivity contribution in [1.82, 2.24) is 5.32 Å². The molecule has 2 unspecified atom stereocenters. The zero-order chi connectivity index (χ0) is 22.2. The van der Waals surface area contributed by atoms with E-state index in [0.717, 1.165) is 19.3 Å². The molecule has 0 aliphatic carbocycles. The SMILES string of the molecule is CCCCCCCCCCC(COC(=O)NCC)OP(=O)([O-])OCC[N+](C)(C)C. The van der Waals surface area contributed by atoms with Crippen molar-refractivity contribution in [2.24, 2.45) is 0 Å². The summed E-state index contributed by atoms with van der Waals surface area (Å²) in [5.41, 5.74) is 0. The Bertz CT molecular complexity index is 470. The molecule has 0 saturated carbocycles. The van der Waals surface area contributed by atoms with Gasteiger partial charge in [-0.05, 0) is 13.3 Å². The molecular weight excluding hydrogens is 395 g/mol. The molecule has 0 spiro atoms. The van der Waals surface area contributed by atoms with Crippen LogP contribution in [0.25, 0.3) is 0 Å². The van der Waals surface area contributed by atoms with E-state index in [4.69, 9.17) is 13.8 Å². The summed E-state index contributed by atoms with van der Waals surface area (Å²) in [5.74, 6) is 0. The van der Waals surface area contributed by atoms with Gasteiger partial charge in [0.1, 0.15) is 25.9 Å². The molecule has 0 aliphatic heterocycles. The molecule has 8 nitrogen and oxygen atoms in total. The third-order valence-electron chi connectivity index (χ3n) is 4.39. The standard InChI is InChI=1S/C20H43N2O6P/c1-6-8-9-10-11-12-13-14-15-19(18-26-20(23)21-7-2)28-29(24,25)27-17-16-22(3,4)5/h19H,6-18H2,1-5H3,(H-,21,23,24,25). The molecule has 9 heteroatoms. The smallest absolute Gasteiger partial charge is 0.407 e. The van der Waals surface area contributed by atoms with Crippen LogP contribution in [0.15, 0.2) is 0 Å². The number of hydrogen-bond acceptors (Lipinski definition) is 6. The van der Waals surface area contributed by atoms with Crippen LogP contribution in [0, 0.1) is 0 Å². The van der Waals surface area contributed by atoms with Gasteiger partial charge in [-0.3, -0.25) is 4.57 Å². The lowest BCUT2D eigenvalue weighted by Crippen LogP contribution is -2.37. The fourth-order valence-corrected chi connectivity index (χ4v) is 3.57. The minimum Gasteiger partial charge on any atom is -0.756 e. The summed E-state index contributed by atoms with van der Waals surface area (Å²) in [5, 5.41) is 2.52. The van der Waals surface area contributed by atoms with Crippen LogP contribution >= 0.6 is 7.82 Å². The van der Waals surface area contributed by atoms with Crippen molar-refractivity contribution in [2.45, 2.75) is 77.7 Å². The molecule has 0 radical (unpaired) electrons. The van der Waals surface area contributed by atoms with Crippen LogP contribution in [0.2, 0.25) is 0 Å². The van der Waals surface area contributed by atoms with Crippen LogP contribution in [-0.2, 0) is 18.3 Å². The Morgan fingerprint density at radius 3 is 2.17 bits per heavy atom. The van der Waals surface area contributed by atoms with Crippen LogP contribution in [0.5, 0.6) is 0 Å². The first-order valence-electron chi connectivity index (χ1n) is 10.9. The van der Waals surface area contributed by atoms with Crippen molar-refractivity contribution in [1.29, 1.82) is 0 Å². The number of amides is 1. The van der Waals surface area contributed by atoms with E-state index in [1.165, 1.54) is 32.1 Å². The highest BCUT2D eigenvalue weighted by atomic mass is 31.2. The van der Waals surface area contributed by atoms with E-state index in [2.05, 4.69) is 12.2 Å². The highest BCUT2D eigenvalue weighted by molar-refractivity contribution is 7.45. The van der Waals surface area contributed by atoms with Crippen molar-refractivity contribution in [2.75, 3.05) is 47.4 Å². The number of likely N-dealkylation sites (N-methyl/N-ethyl adjacent to an activating group) is 1. The van der Waals surface area contributed by atoms with E-state index in [9.17, 15) is 14.3 Å². The number of ether oxygens (including phenoxy) is 1. The lowest BCUT2D eigenvalue weighted by atomic mass is 10.1. The predicted molar refractivity (Wildman–Crippen MR) is 114 cm³/mol. The fourth-order valence-electron chi connectivity index (χ4n) is 2.68. The molecule has 0 fully saturated rings. The van der Waals surface area contributed by atoms with Gasteiger partial charge >= 0.3 is 6.09 Å². The topological polar surface area (TPSA) is 96.9 Å². The summed E-state index contributed by atoms with van der Waals surface area (Å²) in [6.07, 6.45) is 8.33. The highest BCUT2D eigenvalue weighted by Crippen LogP contribution is 2.40. The highest BCUT2D eigenvalue weighted by Gasteiger charge is 2.21. The molecule has 0 heterocycles. The molecule has 2 atom stereocenters. The maximum absolute atomic E-state index is 12.2. The third kappa shape index (κ3) is 19.1. The molecule has 0 bridgehead atoms. The summed E-state index contributed by atoms with van der Waals surface area (Å²) in [6.45, 7) is 4.89. The van der Waals surface area contributed by atoms with Gasteiger partial charge in [-0.1, -0.05) is 58.3 Å². The van der Waals surface area contributed by atoms with Crippen molar-refractivity contribution < 1.29 is 32.5 Å². The number of phosphoric ester groups is 1. The number of carbonyl (C=O) groups excluding carboxylic acids is 1. The molecule has 29 heavy (non-hydrogen) atoms. The van der Waals surface area contributed by atoms with Gasteiger partial charge in [0.15, 0.2) is 0 Å². The maximum atomic E-state index is 12.2. The number of phosphoric acid groups is 1. The summed E-state index contributed by atoms with van der Waals surface area (Å²) < 4.78 is 28.0. The van der Waals surface area contributed by atoms with Crippen LogP contribution in [0.4, 0.5) is 4.79 Å². The van der Waals surface area contributed by atoms with Gasteiger partial charge in [0.05, 0.1) is 21.1 Å². The van der Waals surface area contributed by atoms with Gasteiger partial charge in [0.2, 0.25) is 0 Å². The quantitative estimate of drug-likeness (QED) is 0.198. The lowest BCUT2D eigenvalue weighted by molar-refractivity contribution is -0.870. The van der Waals surface area contributed by atoms with E-state index in [1.54, 1.807) is 6.92 Å². The number of nitrogens with zero attached hydrogens (tertiary/aromatic N) is 1. The van der Waals surface area contributed by atoms with Gasteiger partial charge < -0.3 is 28.5 Å². The van der Waals surface area contributed by atoms with Crippen molar-refractivity contribution in [3.05, 3.63) is 0 Å². The second-order valence-corrected chi connectivity index (χ2v) is 9.78. The summed E-state index contributed by atoms with van der Waals surface area (Å²) in [4.78, 5) is 23.7. The molecule has 0 aliphatic rings. The monoisotopic (exact) mass is 438 g/mol. The first-order chi connectivity index (χ1) is 13.6. The van der Waals surface area contributed by atoms with Gasteiger partial charge in [-0.25, -0.2) is 4.79 Å². The van der Waals surface area contributed by atoms with Crippen molar-refractivity contribution >= 4 is 13.9 Å². The van der Waals surface area contributed by atoms with Crippen LogP contribution in [0.3, 0.4) is 0 Å². The van der Waals surface area contributed by atoms with E-state index in [1.807, 2.05) is 21.1 Å². The number of unbranched alkanes of at least 4 members (excludes halogenated alkanes) is 7. The maximum Gasteiger partial charge on any atom is 0.407 e. The first kappa shape index (κ1) is 28.3. The average molecular weight is 439 g/mol. The Kier molecular flexibility index (Phi) is 15.7. The largest absolute Gasteiger partial charge is 0.756 e. The number of carbonyl (C=O) groups is 1. The zero-order valence-electron chi connectivity index (χ0n) is 19.1. The van der Waals surface area contributed by atoms with Crippen molar-refractivity contribution in [3.63, 3.8) is 0 Å². The molecule has 174 valence electrons. The van der Waals surface area contributed by atoms with Gasteiger partial charge in [-0.2, -0.15) is 0 Å².